The Labute approximate surface area is 229 Å². The molecule has 0 unspecified atom stereocenters. The Hall–Kier alpha value is -2.66. The molecule has 1 atom stereocenters. The standard InChI is InChI=1S/C33H48N2O3/c1-4-5-6-7-8-9-10-11-12-17-22-35-31(36)33(34,23-25(2)3)32(37)38-24-30-28-20-15-13-18-26(28)27-19-14-16-21-29(27)30/h13-16,18-21,25,30H,4-12,17,22-24,34H2,1-3H3,(H,35,36)/t33-/m0/s1. The lowest BCUT2D eigenvalue weighted by Gasteiger charge is -2.28. The number of hydrogen-bond donors (Lipinski definition) is 2. The number of esters is 1. The summed E-state index contributed by atoms with van der Waals surface area (Å²) < 4.78 is 5.81. The molecule has 3 N–H and O–H groups in total. The van der Waals surface area contributed by atoms with Gasteiger partial charge in [0.1, 0.15) is 6.61 Å². The highest BCUT2D eigenvalue weighted by atomic mass is 16.5. The third-order valence-corrected chi connectivity index (χ3v) is 7.66. The topological polar surface area (TPSA) is 81.4 Å². The maximum Gasteiger partial charge on any atom is 0.336 e. The molecule has 0 saturated heterocycles. The van der Waals surface area contributed by atoms with Crippen molar-refractivity contribution in [1.82, 2.24) is 5.32 Å². The molecule has 5 nitrogen and oxygen atoms in total. The first-order valence-corrected chi connectivity index (χ1v) is 14.8. The van der Waals surface area contributed by atoms with Crippen LogP contribution in [0, 0.1) is 5.92 Å². The summed E-state index contributed by atoms with van der Waals surface area (Å²) in [4.78, 5) is 26.5. The number of fused-ring (bicyclic) bond motifs is 3. The van der Waals surface area contributed by atoms with Crippen molar-refractivity contribution in [3.8, 4) is 11.1 Å². The predicted molar refractivity (Wildman–Crippen MR) is 156 cm³/mol. The molecule has 1 amide bonds. The van der Waals surface area contributed by atoms with Crippen molar-refractivity contribution < 1.29 is 14.3 Å². The van der Waals surface area contributed by atoms with Crippen LogP contribution in [0.5, 0.6) is 0 Å². The fourth-order valence-corrected chi connectivity index (χ4v) is 5.61. The summed E-state index contributed by atoms with van der Waals surface area (Å²) >= 11 is 0. The van der Waals surface area contributed by atoms with Crippen molar-refractivity contribution in [3.05, 3.63) is 59.7 Å². The molecule has 5 heteroatoms. The fraction of sp³-hybridized carbons (Fsp3) is 0.576. The highest BCUT2D eigenvalue weighted by molar-refractivity contribution is 6.07. The molecule has 38 heavy (non-hydrogen) atoms. The Kier molecular flexibility index (Phi) is 11.8. The van der Waals surface area contributed by atoms with Crippen molar-refractivity contribution >= 4 is 11.9 Å². The first kappa shape index (κ1) is 29.9. The number of nitrogens with one attached hydrogen (secondary N) is 1. The molecule has 0 bridgehead atoms. The molecule has 0 fully saturated rings. The van der Waals surface area contributed by atoms with E-state index in [1.54, 1.807) is 0 Å². The number of carbonyl (C=O) groups excluding carboxylic acids is 2. The maximum atomic E-state index is 13.3. The summed E-state index contributed by atoms with van der Waals surface area (Å²) in [5.74, 6) is -1.07. The summed E-state index contributed by atoms with van der Waals surface area (Å²) in [6.45, 7) is 6.87. The molecule has 0 spiro atoms. The second kappa shape index (κ2) is 15.1. The molecule has 208 valence electrons. The zero-order valence-corrected chi connectivity index (χ0v) is 23.8. The molecule has 2 aromatic rings. The van der Waals surface area contributed by atoms with Crippen LogP contribution in [0.15, 0.2) is 48.5 Å². The Bertz CT molecular complexity index is 989. The Balaban J connectivity index is 1.49. The molecule has 3 rings (SSSR count). The minimum absolute atomic E-state index is 0.0654. The van der Waals surface area contributed by atoms with Crippen molar-refractivity contribution in [2.45, 2.75) is 103 Å². The number of carbonyl (C=O) groups is 2. The number of benzene rings is 2. The van der Waals surface area contributed by atoms with Crippen LogP contribution in [0.4, 0.5) is 0 Å². The predicted octanol–water partition coefficient (Wildman–Crippen LogP) is 7.12. The average Bonchev–Trinajstić information content (AvgIpc) is 3.23. The molecule has 0 heterocycles. The van der Waals surface area contributed by atoms with Gasteiger partial charge in [-0.15, -0.1) is 0 Å². The van der Waals surface area contributed by atoms with Crippen LogP contribution in [-0.4, -0.2) is 30.6 Å². The Morgan fingerprint density at radius 1 is 0.842 bits per heavy atom. The van der Waals surface area contributed by atoms with Gasteiger partial charge in [0.05, 0.1) is 0 Å². The average molecular weight is 521 g/mol. The molecule has 0 saturated carbocycles. The minimum Gasteiger partial charge on any atom is -0.463 e. The van der Waals surface area contributed by atoms with Gasteiger partial charge in [-0.1, -0.05) is 127 Å². The normalized spacial score (nSPS) is 14.1. The van der Waals surface area contributed by atoms with E-state index in [0.29, 0.717) is 6.54 Å². The highest BCUT2D eigenvalue weighted by Gasteiger charge is 2.44. The largest absolute Gasteiger partial charge is 0.463 e. The van der Waals surface area contributed by atoms with Gasteiger partial charge in [-0.05, 0) is 41.0 Å². The molecule has 0 radical (unpaired) electrons. The summed E-state index contributed by atoms with van der Waals surface area (Å²) in [5, 5.41) is 2.93. The van der Waals surface area contributed by atoms with Crippen molar-refractivity contribution in [3.63, 3.8) is 0 Å². The summed E-state index contributed by atoms with van der Waals surface area (Å²) in [5.41, 5.74) is 9.42. The second-order valence-electron chi connectivity index (χ2n) is 11.3. The van der Waals surface area contributed by atoms with Gasteiger partial charge in [-0.25, -0.2) is 4.79 Å². The van der Waals surface area contributed by atoms with Crippen LogP contribution in [0.1, 0.15) is 108 Å². The van der Waals surface area contributed by atoms with Gasteiger partial charge >= 0.3 is 5.97 Å². The lowest BCUT2D eigenvalue weighted by molar-refractivity contribution is -0.155. The smallest absolute Gasteiger partial charge is 0.336 e. The van der Waals surface area contributed by atoms with E-state index in [4.69, 9.17) is 10.5 Å². The van der Waals surface area contributed by atoms with Crippen molar-refractivity contribution in [1.29, 1.82) is 0 Å². The lowest BCUT2D eigenvalue weighted by atomic mass is 9.88. The van der Waals surface area contributed by atoms with Crippen molar-refractivity contribution in [2.24, 2.45) is 11.7 Å². The molecule has 0 aromatic heterocycles. The van der Waals surface area contributed by atoms with Crippen molar-refractivity contribution in [2.75, 3.05) is 13.2 Å². The molecular formula is C33H48N2O3. The van der Waals surface area contributed by atoms with Crippen LogP contribution in [0.2, 0.25) is 0 Å². The number of ether oxygens (including phenoxy) is 1. The molecule has 1 aliphatic carbocycles. The van der Waals surface area contributed by atoms with Gasteiger partial charge in [0.25, 0.3) is 5.91 Å². The van der Waals surface area contributed by atoms with E-state index in [-0.39, 0.29) is 24.9 Å². The quantitative estimate of drug-likeness (QED) is 0.132. The highest BCUT2D eigenvalue weighted by Crippen LogP contribution is 2.44. The zero-order chi connectivity index (χ0) is 27.4. The van der Waals surface area contributed by atoms with Crippen LogP contribution < -0.4 is 11.1 Å². The summed E-state index contributed by atoms with van der Waals surface area (Å²) in [6.07, 6.45) is 12.6. The number of unbranched alkanes of at least 4 members (excludes halogenated alkanes) is 9. The first-order chi connectivity index (χ1) is 18.4. The maximum absolute atomic E-state index is 13.3. The van der Waals surface area contributed by atoms with Gasteiger partial charge in [0.15, 0.2) is 5.54 Å². The van der Waals surface area contributed by atoms with E-state index < -0.39 is 17.4 Å². The van der Waals surface area contributed by atoms with E-state index in [1.807, 2.05) is 38.1 Å². The zero-order valence-electron chi connectivity index (χ0n) is 23.8. The number of hydrogen-bond acceptors (Lipinski definition) is 4. The van der Waals surface area contributed by atoms with Crippen LogP contribution in [0.25, 0.3) is 11.1 Å². The van der Waals surface area contributed by atoms with Gasteiger partial charge in [0.2, 0.25) is 0 Å². The van der Waals surface area contributed by atoms with E-state index in [2.05, 4.69) is 36.5 Å². The molecule has 2 aromatic carbocycles. The van der Waals surface area contributed by atoms with Gasteiger partial charge in [-0.3, -0.25) is 4.79 Å². The Morgan fingerprint density at radius 3 is 1.87 bits per heavy atom. The van der Waals surface area contributed by atoms with E-state index in [1.165, 1.54) is 62.5 Å². The third kappa shape index (κ3) is 7.92. The SMILES string of the molecule is CCCCCCCCCCCCNC(=O)[C@@](N)(CC(C)C)C(=O)OCC1c2ccccc2-c2ccccc21. The third-order valence-electron chi connectivity index (χ3n) is 7.66. The summed E-state index contributed by atoms with van der Waals surface area (Å²) in [7, 11) is 0. The lowest BCUT2D eigenvalue weighted by Crippen LogP contribution is -2.61. The summed E-state index contributed by atoms with van der Waals surface area (Å²) in [6, 6.07) is 16.4. The fourth-order valence-electron chi connectivity index (χ4n) is 5.61. The Morgan fingerprint density at radius 2 is 1.34 bits per heavy atom. The van der Waals surface area contributed by atoms with E-state index in [0.717, 1.165) is 24.0 Å². The second-order valence-corrected chi connectivity index (χ2v) is 11.3. The van der Waals surface area contributed by atoms with Gasteiger partial charge in [-0.2, -0.15) is 0 Å². The van der Waals surface area contributed by atoms with E-state index in [9.17, 15) is 9.59 Å². The van der Waals surface area contributed by atoms with Gasteiger partial charge in [0, 0.05) is 12.5 Å². The first-order valence-electron chi connectivity index (χ1n) is 14.8. The number of nitrogens with two attached hydrogens (primary N) is 1. The monoisotopic (exact) mass is 520 g/mol. The molecule has 1 aliphatic rings. The number of rotatable bonds is 17. The van der Waals surface area contributed by atoms with Crippen LogP contribution >= 0.6 is 0 Å². The number of amides is 1. The molecular weight excluding hydrogens is 472 g/mol. The van der Waals surface area contributed by atoms with Crippen LogP contribution in [0.3, 0.4) is 0 Å². The minimum atomic E-state index is -1.69. The van der Waals surface area contributed by atoms with Crippen LogP contribution in [-0.2, 0) is 14.3 Å². The van der Waals surface area contributed by atoms with E-state index >= 15 is 0 Å². The van der Waals surface area contributed by atoms with Gasteiger partial charge < -0.3 is 15.8 Å². The molecule has 0 aliphatic heterocycles.